The van der Waals surface area contributed by atoms with Crippen molar-refractivity contribution in [3.8, 4) is 0 Å². The first-order valence-corrected chi connectivity index (χ1v) is 10.3. The average molecular weight is 410 g/mol. The van der Waals surface area contributed by atoms with Crippen LogP contribution in [-0.4, -0.2) is 56.0 Å². The van der Waals surface area contributed by atoms with E-state index < -0.39 is 12.0 Å². The number of nitrogens with zero attached hydrogens (tertiary/aromatic N) is 4. The van der Waals surface area contributed by atoms with Gasteiger partial charge in [0, 0.05) is 43.3 Å². The van der Waals surface area contributed by atoms with Gasteiger partial charge in [-0.05, 0) is 49.8 Å². The molecular weight excluding hydrogens is 384 g/mol. The van der Waals surface area contributed by atoms with Crippen molar-refractivity contribution in [2.45, 2.75) is 44.8 Å². The van der Waals surface area contributed by atoms with Gasteiger partial charge in [-0.3, -0.25) is 14.6 Å². The second-order valence-electron chi connectivity index (χ2n) is 7.85. The molecular formula is C21H26N6O3. The zero-order valence-electron chi connectivity index (χ0n) is 16.8. The summed E-state index contributed by atoms with van der Waals surface area (Å²) < 4.78 is 0. The van der Waals surface area contributed by atoms with Gasteiger partial charge < -0.3 is 21.1 Å². The number of aryl methyl sites for hydroxylation is 1. The van der Waals surface area contributed by atoms with Crippen LogP contribution in [0.3, 0.4) is 0 Å². The molecule has 2 atom stereocenters. The number of fused-ring (bicyclic) bond motifs is 1. The summed E-state index contributed by atoms with van der Waals surface area (Å²) in [6.45, 7) is 0.849. The minimum absolute atomic E-state index is 0.0997. The summed E-state index contributed by atoms with van der Waals surface area (Å²) in [7, 11) is 0. The van der Waals surface area contributed by atoms with Crippen molar-refractivity contribution in [2.75, 3.05) is 18.8 Å². The molecule has 0 aromatic carbocycles. The van der Waals surface area contributed by atoms with Crippen LogP contribution < -0.4 is 11.1 Å². The minimum atomic E-state index is -0.795. The molecule has 0 radical (unpaired) electrons. The normalized spacial score (nSPS) is 21.0. The first kappa shape index (κ1) is 20.2. The maximum absolute atomic E-state index is 13.2. The van der Waals surface area contributed by atoms with Crippen molar-refractivity contribution in [3.05, 3.63) is 47.0 Å². The molecule has 0 unspecified atom stereocenters. The molecule has 4 rings (SSSR count). The lowest BCUT2D eigenvalue weighted by Gasteiger charge is -2.35. The fourth-order valence-corrected chi connectivity index (χ4v) is 4.14. The van der Waals surface area contributed by atoms with Crippen LogP contribution >= 0.6 is 0 Å². The third-order valence-electron chi connectivity index (χ3n) is 5.82. The Labute approximate surface area is 174 Å². The summed E-state index contributed by atoms with van der Waals surface area (Å²) >= 11 is 0. The van der Waals surface area contributed by atoms with Gasteiger partial charge >= 0.3 is 0 Å². The Bertz CT molecular complexity index is 936. The number of aliphatic hydroxyl groups is 1. The van der Waals surface area contributed by atoms with E-state index in [2.05, 4.69) is 20.3 Å². The number of hydrogen-bond donors (Lipinski definition) is 3. The number of anilines is 1. The summed E-state index contributed by atoms with van der Waals surface area (Å²) in [5.41, 5.74) is 8.81. The average Bonchev–Trinajstić information content (AvgIpc) is 2.77. The molecule has 1 aliphatic carbocycles. The molecule has 1 saturated heterocycles. The van der Waals surface area contributed by atoms with Gasteiger partial charge in [0.05, 0.1) is 12.0 Å². The van der Waals surface area contributed by atoms with Gasteiger partial charge in [0.15, 0.2) is 0 Å². The van der Waals surface area contributed by atoms with Crippen molar-refractivity contribution in [1.29, 1.82) is 0 Å². The number of nitrogens with two attached hydrogens (primary N) is 1. The van der Waals surface area contributed by atoms with Gasteiger partial charge in [-0.1, -0.05) is 0 Å². The van der Waals surface area contributed by atoms with Crippen molar-refractivity contribution < 1.29 is 14.7 Å². The van der Waals surface area contributed by atoms with Crippen molar-refractivity contribution >= 4 is 17.8 Å². The van der Waals surface area contributed by atoms with Crippen LogP contribution in [0.15, 0.2) is 24.5 Å². The summed E-state index contributed by atoms with van der Waals surface area (Å²) in [5.74, 6) is -1.12. The van der Waals surface area contributed by atoms with E-state index in [1.165, 1.54) is 0 Å². The highest BCUT2D eigenvalue weighted by Crippen LogP contribution is 2.26. The van der Waals surface area contributed by atoms with E-state index in [9.17, 15) is 14.7 Å². The zero-order valence-corrected chi connectivity index (χ0v) is 16.8. The van der Waals surface area contributed by atoms with E-state index in [1.54, 1.807) is 17.3 Å². The Morgan fingerprint density at radius 3 is 2.77 bits per heavy atom. The van der Waals surface area contributed by atoms with Crippen LogP contribution in [0.2, 0.25) is 0 Å². The Morgan fingerprint density at radius 1 is 1.20 bits per heavy atom. The number of amides is 2. The SMILES string of the molecule is Nc1nc2c(c(C(=O)N3CC[C@@H](O)[C@@H](C(=O)NCc4ccncc4)C3)n1)CCCC2. The Morgan fingerprint density at radius 2 is 1.97 bits per heavy atom. The molecule has 2 aromatic rings. The highest BCUT2D eigenvalue weighted by Gasteiger charge is 2.36. The summed E-state index contributed by atoms with van der Waals surface area (Å²) in [5, 5.41) is 13.2. The number of carbonyl (C=O) groups excluding carboxylic acids is 2. The second-order valence-corrected chi connectivity index (χ2v) is 7.85. The third-order valence-corrected chi connectivity index (χ3v) is 5.82. The van der Waals surface area contributed by atoms with Crippen LogP contribution in [0, 0.1) is 5.92 Å². The lowest BCUT2D eigenvalue weighted by Crippen LogP contribution is -2.51. The van der Waals surface area contributed by atoms with E-state index >= 15 is 0 Å². The molecule has 1 aliphatic heterocycles. The summed E-state index contributed by atoms with van der Waals surface area (Å²) in [4.78, 5) is 40.0. The number of carbonyl (C=O) groups is 2. The van der Waals surface area contributed by atoms with Crippen LogP contribution in [-0.2, 0) is 24.2 Å². The number of likely N-dealkylation sites (tertiary alicyclic amines) is 1. The number of aliphatic hydroxyl groups excluding tert-OH is 1. The molecule has 1 fully saturated rings. The van der Waals surface area contributed by atoms with Gasteiger partial charge in [0.25, 0.3) is 5.91 Å². The van der Waals surface area contributed by atoms with Gasteiger partial charge in [0.1, 0.15) is 5.69 Å². The third kappa shape index (κ3) is 4.25. The van der Waals surface area contributed by atoms with Crippen molar-refractivity contribution in [2.24, 2.45) is 5.92 Å². The maximum Gasteiger partial charge on any atom is 0.272 e. The fourth-order valence-electron chi connectivity index (χ4n) is 4.14. The Kier molecular flexibility index (Phi) is 5.89. The number of aromatic nitrogens is 3. The molecule has 2 aliphatic rings. The van der Waals surface area contributed by atoms with Gasteiger partial charge in [-0.15, -0.1) is 0 Å². The molecule has 9 heteroatoms. The van der Waals surface area contributed by atoms with Gasteiger partial charge in [-0.2, -0.15) is 0 Å². The number of hydrogen-bond acceptors (Lipinski definition) is 7. The lowest BCUT2D eigenvalue weighted by molar-refractivity contribution is -0.131. The van der Waals surface area contributed by atoms with E-state index in [0.29, 0.717) is 25.2 Å². The summed E-state index contributed by atoms with van der Waals surface area (Å²) in [6.07, 6.45) is 6.41. The molecule has 4 N–H and O–H groups in total. The zero-order chi connectivity index (χ0) is 21.1. The minimum Gasteiger partial charge on any atom is -0.392 e. The number of pyridine rings is 1. The molecule has 2 amide bonds. The topological polar surface area (TPSA) is 134 Å². The molecule has 3 heterocycles. The van der Waals surface area contributed by atoms with Crippen LogP contribution in [0.4, 0.5) is 5.95 Å². The van der Waals surface area contributed by atoms with E-state index in [1.807, 2.05) is 12.1 Å². The van der Waals surface area contributed by atoms with Crippen molar-refractivity contribution in [1.82, 2.24) is 25.2 Å². The predicted molar refractivity (Wildman–Crippen MR) is 109 cm³/mol. The van der Waals surface area contributed by atoms with E-state index in [0.717, 1.165) is 42.5 Å². The van der Waals surface area contributed by atoms with Gasteiger partial charge in [-0.25, -0.2) is 9.97 Å². The number of piperidine rings is 1. The molecule has 158 valence electrons. The summed E-state index contributed by atoms with van der Waals surface area (Å²) in [6, 6.07) is 3.63. The monoisotopic (exact) mass is 410 g/mol. The molecule has 9 nitrogen and oxygen atoms in total. The smallest absolute Gasteiger partial charge is 0.272 e. The van der Waals surface area contributed by atoms with Crippen molar-refractivity contribution in [3.63, 3.8) is 0 Å². The quantitative estimate of drug-likeness (QED) is 0.667. The largest absolute Gasteiger partial charge is 0.392 e. The number of rotatable bonds is 4. The van der Waals surface area contributed by atoms with E-state index in [4.69, 9.17) is 5.73 Å². The molecule has 0 spiro atoms. The molecule has 30 heavy (non-hydrogen) atoms. The number of nitrogens with one attached hydrogen (secondary N) is 1. The van der Waals surface area contributed by atoms with Crippen LogP contribution in [0.25, 0.3) is 0 Å². The second kappa shape index (κ2) is 8.74. The van der Waals surface area contributed by atoms with E-state index in [-0.39, 0.29) is 24.3 Å². The van der Waals surface area contributed by atoms with Gasteiger partial charge in [0.2, 0.25) is 11.9 Å². The standard InChI is InChI=1S/C21H26N6O3/c22-21-25-16-4-2-1-3-14(16)18(26-21)20(30)27-10-7-17(28)15(12-27)19(29)24-11-13-5-8-23-9-6-13/h5-6,8-9,15,17,28H,1-4,7,10-12H2,(H,24,29)(H2,22,25,26)/t15-,17+/m0/s1. The van der Waals surface area contributed by atoms with Crippen LogP contribution in [0.5, 0.6) is 0 Å². The highest BCUT2D eigenvalue weighted by molar-refractivity contribution is 5.95. The highest BCUT2D eigenvalue weighted by atomic mass is 16.3. The molecule has 0 bridgehead atoms. The number of nitrogen functional groups attached to an aromatic ring is 1. The Hall–Kier alpha value is -3.07. The Balaban J connectivity index is 1.47. The molecule has 2 aromatic heterocycles. The predicted octanol–water partition coefficient (Wildman–Crippen LogP) is 0.472. The van der Waals surface area contributed by atoms with Crippen LogP contribution in [0.1, 0.15) is 46.6 Å². The first-order valence-electron chi connectivity index (χ1n) is 10.3. The molecule has 0 saturated carbocycles. The lowest BCUT2D eigenvalue weighted by atomic mass is 9.91. The maximum atomic E-state index is 13.2. The first-order chi connectivity index (χ1) is 14.5. The fraction of sp³-hybridized carbons (Fsp3) is 0.476.